The lowest BCUT2D eigenvalue weighted by Gasteiger charge is -2.62. The zero-order valence-corrected chi connectivity index (χ0v) is 16.9. The van der Waals surface area contributed by atoms with E-state index in [0.717, 1.165) is 25.7 Å². The number of rotatable bonds is 3. The third-order valence-electron chi connectivity index (χ3n) is 6.60. The van der Waals surface area contributed by atoms with Crippen molar-refractivity contribution < 1.29 is 19.4 Å². The second-order valence-corrected chi connectivity index (χ2v) is 8.42. The van der Waals surface area contributed by atoms with Gasteiger partial charge in [-0.3, -0.25) is 4.79 Å². The highest BCUT2D eigenvalue weighted by Crippen LogP contribution is 2.62. The van der Waals surface area contributed by atoms with Gasteiger partial charge in [-0.05, 0) is 43.9 Å². The van der Waals surface area contributed by atoms with Crippen LogP contribution in [0.2, 0.25) is 0 Å². The third kappa shape index (κ3) is 3.80. The van der Waals surface area contributed by atoms with Crippen molar-refractivity contribution in [2.24, 2.45) is 22.7 Å². The first kappa shape index (κ1) is 21.4. The first-order valence-corrected chi connectivity index (χ1v) is 9.44. The second kappa shape index (κ2) is 7.74. The number of fused-ring (bicyclic) bond motifs is 1. The van der Waals surface area contributed by atoms with Crippen molar-refractivity contribution in [2.45, 2.75) is 85.9 Å². The first-order chi connectivity index (χ1) is 11.1. The van der Waals surface area contributed by atoms with Crippen molar-refractivity contribution in [3.8, 4) is 0 Å². The molecule has 0 aromatic rings. The SMILES string of the molecule is CC.COCC1C(C)(O)CCC2C(C)(C)C(OC(C)=O)CCC12C. The molecule has 2 saturated carbocycles. The third-order valence-corrected chi connectivity index (χ3v) is 6.60. The van der Waals surface area contributed by atoms with E-state index in [4.69, 9.17) is 9.47 Å². The molecule has 0 aliphatic heterocycles. The molecule has 0 bridgehead atoms. The molecule has 142 valence electrons. The van der Waals surface area contributed by atoms with Crippen LogP contribution in [0.3, 0.4) is 0 Å². The van der Waals surface area contributed by atoms with E-state index < -0.39 is 5.60 Å². The van der Waals surface area contributed by atoms with Gasteiger partial charge in [0.25, 0.3) is 0 Å². The van der Waals surface area contributed by atoms with E-state index in [9.17, 15) is 9.90 Å². The minimum absolute atomic E-state index is 0.0118. The van der Waals surface area contributed by atoms with E-state index in [2.05, 4.69) is 20.8 Å². The van der Waals surface area contributed by atoms with Crippen molar-refractivity contribution in [1.82, 2.24) is 0 Å². The molecule has 4 heteroatoms. The highest BCUT2D eigenvalue weighted by molar-refractivity contribution is 5.66. The van der Waals surface area contributed by atoms with Gasteiger partial charge in [0.05, 0.1) is 12.2 Å². The van der Waals surface area contributed by atoms with E-state index in [1.807, 2.05) is 20.8 Å². The lowest BCUT2D eigenvalue weighted by molar-refractivity contribution is -0.213. The smallest absolute Gasteiger partial charge is 0.302 e. The maximum Gasteiger partial charge on any atom is 0.302 e. The summed E-state index contributed by atoms with van der Waals surface area (Å²) in [6.07, 6.45) is 3.53. The Kier molecular flexibility index (Phi) is 6.91. The van der Waals surface area contributed by atoms with Crippen LogP contribution in [-0.4, -0.2) is 36.5 Å². The van der Waals surface area contributed by atoms with Gasteiger partial charge in [-0.2, -0.15) is 0 Å². The maximum atomic E-state index is 11.4. The number of hydrogen-bond acceptors (Lipinski definition) is 4. The molecular formula is C20H38O4. The Morgan fingerprint density at radius 2 is 1.71 bits per heavy atom. The van der Waals surface area contributed by atoms with Crippen molar-refractivity contribution in [1.29, 1.82) is 0 Å². The monoisotopic (exact) mass is 342 g/mol. The van der Waals surface area contributed by atoms with Gasteiger partial charge in [0.1, 0.15) is 6.10 Å². The van der Waals surface area contributed by atoms with E-state index in [-0.39, 0.29) is 28.8 Å². The average Bonchev–Trinajstić information content (AvgIpc) is 2.48. The number of carbonyl (C=O) groups excluding carboxylic acids is 1. The summed E-state index contributed by atoms with van der Waals surface area (Å²) < 4.78 is 11.1. The number of ether oxygens (including phenoxy) is 2. The summed E-state index contributed by atoms with van der Waals surface area (Å²) in [6, 6.07) is 0. The molecule has 2 fully saturated rings. The van der Waals surface area contributed by atoms with Gasteiger partial charge in [0.15, 0.2) is 0 Å². The maximum absolute atomic E-state index is 11.4. The average molecular weight is 343 g/mol. The normalized spacial score (nSPS) is 40.8. The minimum atomic E-state index is -0.689. The number of carbonyl (C=O) groups is 1. The van der Waals surface area contributed by atoms with Crippen LogP contribution in [-0.2, 0) is 14.3 Å². The molecule has 0 saturated heterocycles. The Labute approximate surface area is 148 Å². The summed E-state index contributed by atoms with van der Waals surface area (Å²) in [5.41, 5.74) is -0.759. The summed E-state index contributed by atoms with van der Waals surface area (Å²) in [4.78, 5) is 11.4. The molecule has 0 amide bonds. The van der Waals surface area contributed by atoms with Crippen LogP contribution in [0.4, 0.5) is 0 Å². The van der Waals surface area contributed by atoms with Gasteiger partial charge in [0.2, 0.25) is 0 Å². The molecule has 1 N–H and O–H groups in total. The van der Waals surface area contributed by atoms with Gasteiger partial charge in [0, 0.05) is 25.4 Å². The highest BCUT2D eigenvalue weighted by Gasteiger charge is 2.61. The zero-order chi connectivity index (χ0) is 18.8. The molecule has 2 rings (SSSR count). The van der Waals surface area contributed by atoms with Crippen molar-refractivity contribution in [3.05, 3.63) is 0 Å². The quantitative estimate of drug-likeness (QED) is 0.781. The fraction of sp³-hybridized carbons (Fsp3) is 0.950. The van der Waals surface area contributed by atoms with Crippen LogP contribution >= 0.6 is 0 Å². The Morgan fingerprint density at radius 3 is 2.21 bits per heavy atom. The van der Waals surface area contributed by atoms with Gasteiger partial charge >= 0.3 is 5.97 Å². The molecule has 5 unspecified atom stereocenters. The molecule has 0 aromatic carbocycles. The van der Waals surface area contributed by atoms with E-state index >= 15 is 0 Å². The van der Waals surface area contributed by atoms with Gasteiger partial charge in [-0.1, -0.05) is 34.6 Å². The lowest BCUT2D eigenvalue weighted by Crippen LogP contribution is -2.62. The lowest BCUT2D eigenvalue weighted by atomic mass is 9.45. The van der Waals surface area contributed by atoms with Gasteiger partial charge in [-0.25, -0.2) is 0 Å². The Hall–Kier alpha value is -0.610. The van der Waals surface area contributed by atoms with Crippen molar-refractivity contribution in [3.63, 3.8) is 0 Å². The first-order valence-electron chi connectivity index (χ1n) is 9.44. The number of hydrogen-bond donors (Lipinski definition) is 1. The largest absolute Gasteiger partial charge is 0.462 e. The molecule has 24 heavy (non-hydrogen) atoms. The predicted molar refractivity (Wildman–Crippen MR) is 96.7 cm³/mol. The van der Waals surface area contributed by atoms with E-state index in [1.54, 1.807) is 7.11 Å². The Balaban J connectivity index is 0.00000139. The molecule has 2 aliphatic rings. The molecule has 0 aromatic heterocycles. The molecular weight excluding hydrogens is 304 g/mol. The Morgan fingerprint density at radius 1 is 1.12 bits per heavy atom. The molecule has 2 aliphatic carbocycles. The van der Waals surface area contributed by atoms with Crippen LogP contribution in [0, 0.1) is 22.7 Å². The summed E-state index contributed by atoms with van der Waals surface area (Å²) in [6.45, 7) is 14.7. The number of esters is 1. The minimum Gasteiger partial charge on any atom is -0.462 e. The van der Waals surface area contributed by atoms with E-state index in [1.165, 1.54) is 6.92 Å². The molecule has 0 heterocycles. The zero-order valence-electron chi connectivity index (χ0n) is 16.9. The summed E-state index contributed by atoms with van der Waals surface area (Å²) >= 11 is 0. The van der Waals surface area contributed by atoms with E-state index in [0.29, 0.717) is 12.5 Å². The fourth-order valence-corrected chi connectivity index (χ4v) is 5.45. The second-order valence-electron chi connectivity index (χ2n) is 8.42. The Bertz CT molecular complexity index is 429. The molecule has 4 nitrogen and oxygen atoms in total. The van der Waals surface area contributed by atoms with Crippen LogP contribution in [0.5, 0.6) is 0 Å². The molecule has 0 radical (unpaired) electrons. The topological polar surface area (TPSA) is 55.8 Å². The summed E-state index contributed by atoms with van der Waals surface area (Å²) in [7, 11) is 1.71. The summed E-state index contributed by atoms with van der Waals surface area (Å²) in [5, 5.41) is 10.9. The predicted octanol–water partition coefficient (Wildman–Crippen LogP) is 4.19. The van der Waals surface area contributed by atoms with Gasteiger partial charge in [-0.15, -0.1) is 0 Å². The molecule has 5 atom stereocenters. The molecule has 0 spiro atoms. The number of aliphatic hydroxyl groups is 1. The van der Waals surface area contributed by atoms with Gasteiger partial charge < -0.3 is 14.6 Å². The fourth-order valence-electron chi connectivity index (χ4n) is 5.45. The van der Waals surface area contributed by atoms with Crippen LogP contribution in [0.25, 0.3) is 0 Å². The number of methoxy groups -OCH3 is 1. The van der Waals surface area contributed by atoms with Crippen molar-refractivity contribution in [2.75, 3.05) is 13.7 Å². The van der Waals surface area contributed by atoms with Crippen LogP contribution in [0.15, 0.2) is 0 Å². The van der Waals surface area contributed by atoms with Crippen molar-refractivity contribution >= 4 is 5.97 Å². The van der Waals surface area contributed by atoms with Crippen LogP contribution < -0.4 is 0 Å². The highest BCUT2D eigenvalue weighted by atomic mass is 16.5. The van der Waals surface area contributed by atoms with Crippen LogP contribution in [0.1, 0.15) is 74.1 Å². The summed E-state index contributed by atoms with van der Waals surface area (Å²) in [5.74, 6) is 0.331. The standard InChI is InChI=1S/C18H32O4.C2H6/c1-12(19)22-15-8-9-17(4)13(16(15,2)3)7-10-18(5,20)14(17)11-21-6;1-2/h13-15,20H,7-11H2,1-6H3;1-2H3.